The fraction of sp³-hybridized carbons (Fsp3) is 0.389. The van der Waals surface area contributed by atoms with Gasteiger partial charge in [-0.2, -0.15) is 0 Å². The first-order valence-corrected chi connectivity index (χ1v) is 8.40. The largest absolute Gasteiger partial charge is 0.383 e. The molecule has 2 rings (SSSR count). The summed E-state index contributed by atoms with van der Waals surface area (Å²) in [6, 6.07) is 7.18. The number of benzene rings is 1. The molecule has 1 amide bonds. The van der Waals surface area contributed by atoms with E-state index in [-0.39, 0.29) is 17.4 Å². The average molecular weight is 344 g/mol. The number of nitrogen functional groups attached to an aromatic ring is 1. The standard InChI is InChI=1S/C18H24N4O3/c1-4-6-11-22-15(19)14(16(23)20-18(22)25)21(3)17(24)13-9-7-12(5-2)8-10-13/h7-10H,4-6,11,19H2,1-3H3,(H,20,23,25). The van der Waals surface area contributed by atoms with Crippen molar-refractivity contribution < 1.29 is 4.79 Å². The Morgan fingerprint density at radius 1 is 1.20 bits per heavy atom. The molecular formula is C18H24N4O3. The zero-order chi connectivity index (χ0) is 18.6. The van der Waals surface area contributed by atoms with Crippen molar-refractivity contribution in [1.29, 1.82) is 0 Å². The van der Waals surface area contributed by atoms with Gasteiger partial charge in [-0.15, -0.1) is 0 Å². The third-order valence-electron chi connectivity index (χ3n) is 4.20. The number of H-pyrrole nitrogens is 1. The summed E-state index contributed by atoms with van der Waals surface area (Å²) in [6.45, 7) is 4.41. The van der Waals surface area contributed by atoms with Crippen LogP contribution in [0.5, 0.6) is 0 Å². The lowest BCUT2D eigenvalue weighted by Crippen LogP contribution is -2.39. The minimum atomic E-state index is -0.670. The van der Waals surface area contributed by atoms with E-state index in [0.717, 1.165) is 24.8 Å². The van der Waals surface area contributed by atoms with Crippen molar-refractivity contribution in [3.8, 4) is 0 Å². The van der Waals surface area contributed by atoms with Crippen molar-refractivity contribution in [2.45, 2.75) is 39.7 Å². The van der Waals surface area contributed by atoms with Crippen LogP contribution in [0.2, 0.25) is 0 Å². The van der Waals surface area contributed by atoms with Crippen LogP contribution in [0.1, 0.15) is 42.6 Å². The lowest BCUT2D eigenvalue weighted by molar-refractivity contribution is 0.0992. The van der Waals surface area contributed by atoms with Crippen molar-refractivity contribution in [2.75, 3.05) is 17.7 Å². The van der Waals surface area contributed by atoms with Gasteiger partial charge in [-0.1, -0.05) is 32.4 Å². The maximum absolute atomic E-state index is 12.7. The maximum atomic E-state index is 12.7. The fourth-order valence-electron chi connectivity index (χ4n) is 2.62. The molecule has 0 spiro atoms. The van der Waals surface area contributed by atoms with Crippen LogP contribution in [0.3, 0.4) is 0 Å². The average Bonchev–Trinajstić information content (AvgIpc) is 2.60. The highest BCUT2D eigenvalue weighted by molar-refractivity contribution is 6.06. The number of nitrogens with two attached hydrogens (primary N) is 1. The number of unbranched alkanes of at least 4 members (excludes halogenated alkanes) is 1. The molecule has 7 heteroatoms. The van der Waals surface area contributed by atoms with Crippen LogP contribution in [0, 0.1) is 0 Å². The summed E-state index contributed by atoms with van der Waals surface area (Å²) in [5.74, 6) is -0.358. The van der Waals surface area contributed by atoms with Gasteiger partial charge in [0.1, 0.15) is 5.82 Å². The molecule has 1 heterocycles. The second kappa shape index (κ2) is 7.83. The number of hydrogen-bond acceptors (Lipinski definition) is 4. The summed E-state index contributed by atoms with van der Waals surface area (Å²) < 4.78 is 1.30. The molecule has 0 fully saturated rings. The third-order valence-corrected chi connectivity index (χ3v) is 4.20. The number of aryl methyl sites for hydroxylation is 1. The number of amides is 1. The Morgan fingerprint density at radius 2 is 1.84 bits per heavy atom. The van der Waals surface area contributed by atoms with E-state index in [1.165, 1.54) is 16.5 Å². The number of anilines is 2. The van der Waals surface area contributed by atoms with Gasteiger partial charge in [0, 0.05) is 19.2 Å². The Hall–Kier alpha value is -2.83. The van der Waals surface area contributed by atoms with E-state index >= 15 is 0 Å². The van der Waals surface area contributed by atoms with Crippen molar-refractivity contribution in [1.82, 2.24) is 9.55 Å². The SMILES string of the molecule is CCCCn1c(N)c(N(C)C(=O)c2ccc(CC)cc2)c(=O)[nH]c1=O. The molecule has 2 aromatic rings. The normalized spacial score (nSPS) is 10.7. The number of rotatable bonds is 6. The zero-order valence-electron chi connectivity index (χ0n) is 14.8. The zero-order valence-corrected chi connectivity index (χ0v) is 14.8. The van der Waals surface area contributed by atoms with E-state index in [1.54, 1.807) is 12.1 Å². The second-order valence-corrected chi connectivity index (χ2v) is 5.91. The van der Waals surface area contributed by atoms with Crippen molar-refractivity contribution >= 4 is 17.4 Å². The monoisotopic (exact) mass is 344 g/mol. The summed E-state index contributed by atoms with van der Waals surface area (Å²) in [5, 5.41) is 0. The first kappa shape index (κ1) is 18.5. The molecule has 0 atom stereocenters. The van der Waals surface area contributed by atoms with Crippen LogP contribution in [0.25, 0.3) is 0 Å². The number of nitrogens with zero attached hydrogens (tertiary/aromatic N) is 2. The van der Waals surface area contributed by atoms with Gasteiger partial charge in [0.05, 0.1) is 0 Å². The van der Waals surface area contributed by atoms with Crippen LogP contribution in [-0.4, -0.2) is 22.5 Å². The second-order valence-electron chi connectivity index (χ2n) is 5.91. The number of nitrogens with one attached hydrogen (secondary N) is 1. The van der Waals surface area contributed by atoms with Crippen molar-refractivity contribution in [3.63, 3.8) is 0 Å². The summed E-state index contributed by atoms with van der Waals surface area (Å²) in [4.78, 5) is 40.3. The number of carbonyl (C=O) groups excluding carboxylic acids is 1. The molecule has 134 valence electrons. The molecule has 0 unspecified atom stereocenters. The minimum absolute atomic E-state index is 0.00299. The van der Waals surface area contributed by atoms with E-state index in [1.807, 2.05) is 26.0 Å². The molecule has 0 saturated carbocycles. The van der Waals surface area contributed by atoms with E-state index in [4.69, 9.17) is 5.73 Å². The highest BCUT2D eigenvalue weighted by atomic mass is 16.2. The number of aromatic nitrogens is 2. The Labute approximate surface area is 146 Å². The molecule has 1 aromatic carbocycles. The molecule has 0 radical (unpaired) electrons. The van der Waals surface area contributed by atoms with E-state index in [2.05, 4.69) is 4.98 Å². The molecule has 0 bridgehead atoms. The molecule has 0 saturated heterocycles. The molecule has 3 N–H and O–H groups in total. The molecule has 1 aromatic heterocycles. The molecule has 7 nitrogen and oxygen atoms in total. The Bertz CT molecular complexity index is 865. The lowest BCUT2D eigenvalue weighted by atomic mass is 10.1. The number of aromatic amines is 1. The van der Waals surface area contributed by atoms with Crippen LogP contribution < -0.4 is 21.9 Å². The first-order valence-electron chi connectivity index (χ1n) is 8.40. The third kappa shape index (κ3) is 3.81. The quantitative estimate of drug-likeness (QED) is 0.833. The van der Waals surface area contributed by atoms with Crippen LogP contribution >= 0.6 is 0 Å². The fourth-order valence-corrected chi connectivity index (χ4v) is 2.62. The topological polar surface area (TPSA) is 101 Å². The highest BCUT2D eigenvalue weighted by Gasteiger charge is 2.21. The predicted molar refractivity (Wildman–Crippen MR) is 99.2 cm³/mol. The predicted octanol–water partition coefficient (Wildman–Crippen LogP) is 1.76. The van der Waals surface area contributed by atoms with E-state index in [0.29, 0.717) is 12.1 Å². The molecule has 0 aliphatic carbocycles. The van der Waals surface area contributed by atoms with Gasteiger partial charge < -0.3 is 10.6 Å². The maximum Gasteiger partial charge on any atom is 0.330 e. The molecule has 0 aliphatic rings. The molecular weight excluding hydrogens is 320 g/mol. The molecule has 0 aliphatic heterocycles. The summed E-state index contributed by atoms with van der Waals surface area (Å²) >= 11 is 0. The minimum Gasteiger partial charge on any atom is -0.383 e. The van der Waals surface area contributed by atoms with Crippen molar-refractivity contribution in [2.24, 2.45) is 0 Å². The van der Waals surface area contributed by atoms with Gasteiger partial charge in [0.15, 0.2) is 5.69 Å². The van der Waals surface area contributed by atoms with E-state index in [9.17, 15) is 14.4 Å². The van der Waals surface area contributed by atoms with E-state index < -0.39 is 11.2 Å². The van der Waals surface area contributed by atoms with Crippen LogP contribution in [-0.2, 0) is 13.0 Å². The van der Waals surface area contributed by atoms with Gasteiger partial charge in [-0.3, -0.25) is 19.1 Å². The van der Waals surface area contributed by atoms with Gasteiger partial charge in [-0.25, -0.2) is 4.79 Å². The first-order chi connectivity index (χ1) is 11.9. The Balaban J connectivity index is 2.43. The van der Waals surface area contributed by atoms with Gasteiger partial charge in [0.2, 0.25) is 0 Å². The van der Waals surface area contributed by atoms with Gasteiger partial charge in [0.25, 0.3) is 11.5 Å². The highest BCUT2D eigenvalue weighted by Crippen LogP contribution is 2.18. The smallest absolute Gasteiger partial charge is 0.330 e. The number of carbonyl (C=O) groups is 1. The number of hydrogen-bond donors (Lipinski definition) is 2. The van der Waals surface area contributed by atoms with Crippen LogP contribution in [0.15, 0.2) is 33.9 Å². The van der Waals surface area contributed by atoms with Crippen molar-refractivity contribution in [3.05, 3.63) is 56.2 Å². The Kier molecular flexibility index (Phi) is 5.80. The van der Waals surface area contributed by atoms with Gasteiger partial charge in [-0.05, 0) is 30.5 Å². The summed E-state index contributed by atoms with van der Waals surface area (Å²) in [6.07, 6.45) is 2.49. The molecule has 25 heavy (non-hydrogen) atoms. The summed E-state index contributed by atoms with van der Waals surface area (Å²) in [5.41, 5.74) is 6.36. The van der Waals surface area contributed by atoms with Gasteiger partial charge >= 0.3 is 5.69 Å². The lowest BCUT2D eigenvalue weighted by Gasteiger charge is -2.20. The Morgan fingerprint density at radius 3 is 2.40 bits per heavy atom. The summed E-state index contributed by atoms with van der Waals surface area (Å²) in [7, 11) is 1.48. The van der Waals surface area contributed by atoms with Crippen LogP contribution in [0.4, 0.5) is 11.5 Å².